The Morgan fingerprint density at radius 2 is 2.24 bits per heavy atom. The summed E-state index contributed by atoms with van der Waals surface area (Å²) in [5, 5.41) is 1.61. The van der Waals surface area contributed by atoms with Crippen LogP contribution in [0.5, 0.6) is 0 Å². The van der Waals surface area contributed by atoms with Crippen molar-refractivity contribution in [3.63, 3.8) is 0 Å². The minimum Gasteiger partial charge on any atom is -0.452 e. The van der Waals surface area contributed by atoms with E-state index in [0.29, 0.717) is 0 Å². The van der Waals surface area contributed by atoms with E-state index in [2.05, 4.69) is 11.9 Å². The van der Waals surface area contributed by atoms with Crippen LogP contribution >= 0.6 is 0 Å². The van der Waals surface area contributed by atoms with E-state index in [1.165, 1.54) is 0 Å². The first kappa shape index (κ1) is 14.5. The van der Waals surface area contributed by atoms with Gasteiger partial charge < -0.3 is 14.8 Å². The fourth-order valence-corrected chi connectivity index (χ4v) is 4.79. The summed E-state index contributed by atoms with van der Waals surface area (Å²) in [5.41, 5.74) is -1.17. The number of nitrogens with one attached hydrogen (secondary N) is 1. The van der Waals surface area contributed by atoms with Crippen molar-refractivity contribution in [2.24, 2.45) is 0 Å². The zero-order chi connectivity index (χ0) is 15.4. The summed E-state index contributed by atoms with van der Waals surface area (Å²) in [6.07, 6.45) is -0.668. The molecular formula is C12H15NO7S. The number of amides is 1. The molecule has 5 atom stereocenters. The third kappa shape index (κ3) is 2.07. The molecule has 3 heterocycles. The average Bonchev–Trinajstić information content (AvgIpc) is 3.01. The molecule has 116 valence electrons. The Bertz CT molecular complexity index is 615. The molecule has 2 bridgehead atoms. The van der Waals surface area contributed by atoms with Gasteiger partial charge in [0.25, 0.3) is 10.1 Å². The Balaban J connectivity index is 1.70. The van der Waals surface area contributed by atoms with Gasteiger partial charge in [-0.15, -0.1) is 0 Å². The van der Waals surface area contributed by atoms with Crippen molar-refractivity contribution in [1.29, 1.82) is 0 Å². The number of rotatable bonds is 4. The summed E-state index contributed by atoms with van der Waals surface area (Å²) >= 11 is 0. The Morgan fingerprint density at radius 1 is 1.52 bits per heavy atom. The van der Waals surface area contributed by atoms with E-state index in [0.717, 1.165) is 6.08 Å². The molecule has 3 aliphatic heterocycles. The number of esters is 1. The Kier molecular flexibility index (Phi) is 3.12. The Labute approximate surface area is 121 Å². The molecule has 1 N–H and O–H groups in total. The lowest BCUT2D eigenvalue weighted by Crippen LogP contribution is -2.53. The van der Waals surface area contributed by atoms with E-state index in [9.17, 15) is 18.0 Å². The van der Waals surface area contributed by atoms with E-state index < -0.39 is 51.2 Å². The fraction of sp³-hybridized carbons (Fsp3) is 0.667. The SMILES string of the molecule is C=CC(=O)NCC(=O)OC1(C)C2CC3C(O2)C1OS3(=O)=O. The highest BCUT2D eigenvalue weighted by molar-refractivity contribution is 7.87. The van der Waals surface area contributed by atoms with Crippen LogP contribution in [-0.2, 0) is 33.4 Å². The van der Waals surface area contributed by atoms with Gasteiger partial charge in [-0.05, 0) is 19.4 Å². The summed E-state index contributed by atoms with van der Waals surface area (Å²) < 4.78 is 39.6. The Morgan fingerprint density at radius 3 is 2.90 bits per heavy atom. The number of carbonyl (C=O) groups excluding carboxylic acids is 2. The number of fused-ring (bicyclic) bond motifs is 1. The molecule has 0 aromatic heterocycles. The third-order valence-electron chi connectivity index (χ3n) is 4.17. The van der Waals surface area contributed by atoms with Gasteiger partial charge in [0.2, 0.25) is 5.91 Å². The summed E-state index contributed by atoms with van der Waals surface area (Å²) in [7, 11) is -3.67. The van der Waals surface area contributed by atoms with Gasteiger partial charge in [0.05, 0.1) is 0 Å². The van der Waals surface area contributed by atoms with Crippen LogP contribution in [0.3, 0.4) is 0 Å². The molecule has 0 aromatic carbocycles. The molecular weight excluding hydrogens is 302 g/mol. The van der Waals surface area contributed by atoms with E-state index >= 15 is 0 Å². The fourth-order valence-electron chi connectivity index (χ4n) is 3.11. The molecule has 8 nitrogen and oxygen atoms in total. The first-order valence-corrected chi connectivity index (χ1v) is 7.95. The minimum absolute atomic E-state index is 0.242. The van der Waals surface area contributed by atoms with Crippen LogP contribution in [0.25, 0.3) is 0 Å². The van der Waals surface area contributed by atoms with Crippen molar-refractivity contribution in [2.75, 3.05) is 6.54 Å². The number of ether oxygens (including phenoxy) is 2. The van der Waals surface area contributed by atoms with Crippen molar-refractivity contribution < 1.29 is 31.7 Å². The minimum atomic E-state index is -3.67. The standard InChI is InChI=1S/C12H15NO7S/c1-3-8(14)13-5-9(15)19-12(2)7-4-6-10(18-7)11(12)20-21(6,16)17/h3,6-7,10-11H,1,4-5H2,2H3,(H,13,14). The van der Waals surface area contributed by atoms with E-state index in [4.69, 9.17) is 13.7 Å². The van der Waals surface area contributed by atoms with Gasteiger partial charge in [-0.1, -0.05) is 6.58 Å². The third-order valence-corrected chi connectivity index (χ3v) is 5.85. The van der Waals surface area contributed by atoms with Crippen molar-refractivity contribution in [3.05, 3.63) is 12.7 Å². The summed E-state index contributed by atoms with van der Waals surface area (Å²) in [5.74, 6) is -1.19. The molecule has 0 spiro atoms. The van der Waals surface area contributed by atoms with Crippen molar-refractivity contribution in [1.82, 2.24) is 5.32 Å². The van der Waals surface area contributed by atoms with Crippen molar-refractivity contribution in [3.8, 4) is 0 Å². The first-order valence-electron chi connectivity index (χ1n) is 6.47. The first-order chi connectivity index (χ1) is 9.78. The van der Waals surface area contributed by atoms with Gasteiger partial charge in [0, 0.05) is 0 Å². The van der Waals surface area contributed by atoms with Gasteiger partial charge in [0.1, 0.15) is 30.1 Å². The van der Waals surface area contributed by atoms with Crippen LogP contribution in [0.15, 0.2) is 12.7 Å². The lowest BCUT2D eigenvalue weighted by atomic mass is 9.83. The van der Waals surface area contributed by atoms with E-state index in [1.54, 1.807) is 6.92 Å². The molecule has 3 aliphatic rings. The molecule has 21 heavy (non-hydrogen) atoms. The molecule has 9 heteroatoms. The highest BCUT2D eigenvalue weighted by Gasteiger charge is 2.72. The molecule has 0 aliphatic carbocycles. The molecule has 0 aromatic rings. The van der Waals surface area contributed by atoms with Crippen LogP contribution in [0, 0.1) is 0 Å². The van der Waals surface area contributed by atoms with Crippen LogP contribution in [0.4, 0.5) is 0 Å². The molecule has 3 rings (SSSR count). The van der Waals surface area contributed by atoms with E-state index in [1.807, 2.05) is 0 Å². The summed E-state index contributed by atoms with van der Waals surface area (Å²) in [4.78, 5) is 22.8. The van der Waals surface area contributed by atoms with Crippen LogP contribution in [0.2, 0.25) is 0 Å². The maximum atomic E-state index is 11.8. The highest BCUT2D eigenvalue weighted by Crippen LogP contribution is 2.53. The predicted octanol–water partition coefficient (Wildman–Crippen LogP) is -1.14. The topological polar surface area (TPSA) is 108 Å². The molecule has 0 radical (unpaired) electrons. The van der Waals surface area contributed by atoms with Gasteiger partial charge in [-0.25, -0.2) is 0 Å². The van der Waals surface area contributed by atoms with Crippen LogP contribution in [0.1, 0.15) is 13.3 Å². The second kappa shape index (κ2) is 4.52. The number of carbonyl (C=O) groups is 2. The maximum absolute atomic E-state index is 11.8. The maximum Gasteiger partial charge on any atom is 0.326 e. The molecule has 3 fully saturated rings. The van der Waals surface area contributed by atoms with Crippen molar-refractivity contribution >= 4 is 22.0 Å². The molecule has 5 unspecified atom stereocenters. The zero-order valence-electron chi connectivity index (χ0n) is 11.3. The van der Waals surface area contributed by atoms with Gasteiger partial charge in [-0.3, -0.25) is 13.8 Å². The molecule has 3 saturated heterocycles. The Hall–Kier alpha value is -1.45. The second-order valence-corrected chi connectivity index (χ2v) is 7.24. The van der Waals surface area contributed by atoms with Gasteiger partial charge in [0.15, 0.2) is 5.60 Å². The van der Waals surface area contributed by atoms with Crippen molar-refractivity contribution in [2.45, 2.75) is 42.5 Å². The average molecular weight is 317 g/mol. The molecule has 1 amide bonds. The van der Waals surface area contributed by atoms with Gasteiger partial charge >= 0.3 is 5.97 Å². The van der Waals surface area contributed by atoms with Gasteiger partial charge in [-0.2, -0.15) is 8.42 Å². The number of hydrogen-bond acceptors (Lipinski definition) is 7. The number of hydrogen-bond donors (Lipinski definition) is 1. The predicted molar refractivity (Wildman–Crippen MR) is 68.6 cm³/mol. The highest BCUT2D eigenvalue weighted by atomic mass is 32.2. The van der Waals surface area contributed by atoms with Crippen LogP contribution in [-0.4, -0.2) is 56.0 Å². The normalized spacial score (nSPS) is 41.8. The van der Waals surface area contributed by atoms with Crippen LogP contribution < -0.4 is 5.32 Å². The quantitative estimate of drug-likeness (QED) is 0.396. The summed E-state index contributed by atoms with van der Waals surface area (Å²) in [6, 6.07) is 0. The largest absolute Gasteiger partial charge is 0.452 e. The van der Waals surface area contributed by atoms with E-state index in [-0.39, 0.29) is 13.0 Å². The smallest absolute Gasteiger partial charge is 0.326 e. The lowest BCUT2D eigenvalue weighted by molar-refractivity contribution is -0.169. The summed E-state index contributed by atoms with van der Waals surface area (Å²) in [6.45, 7) is 4.52. The second-order valence-electron chi connectivity index (χ2n) is 5.45. The zero-order valence-corrected chi connectivity index (χ0v) is 12.1. The monoisotopic (exact) mass is 317 g/mol. The molecule has 0 saturated carbocycles. The lowest BCUT2D eigenvalue weighted by Gasteiger charge is -2.33.